The molecule has 0 bridgehead atoms. The van der Waals surface area contributed by atoms with Gasteiger partial charge >= 0.3 is 0 Å². The average molecular weight is 164 g/mol. The lowest BCUT2D eigenvalue weighted by atomic mass is 10.3. The van der Waals surface area contributed by atoms with Gasteiger partial charge in [-0.3, -0.25) is 4.79 Å². The van der Waals surface area contributed by atoms with Crippen molar-refractivity contribution in [2.45, 2.75) is 20.3 Å². The molecule has 0 unspecified atom stereocenters. The van der Waals surface area contributed by atoms with Crippen molar-refractivity contribution in [2.24, 2.45) is 0 Å². The van der Waals surface area contributed by atoms with Gasteiger partial charge in [-0.2, -0.15) is 0 Å². The first-order chi connectivity index (χ1) is 5.68. The van der Waals surface area contributed by atoms with Crippen LogP contribution in [0.4, 0.5) is 0 Å². The van der Waals surface area contributed by atoms with E-state index in [0.29, 0.717) is 5.76 Å². The second-order valence-corrected chi connectivity index (χ2v) is 2.73. The molecule has 12 heavy (non-hydrogen) atoms. The van der Waals surface area contributed by atoms with Crippen LogP contribution in [0.5, 0.6) is 0 Å². The highest BCUT2D eigenvalue weighted by Crippen LogP contribution is 2.15. The van der Waals surface area contributed by atoms with Gasteiger partial charge in [-0.25, -0.2) is 0 Å². The van der Waals surface area contributed by atoms with Gasteiger partial charge in [-0.15, -0.1) is 0 Å². The standard InChI is InChI=1S/C10H12O2/c1-8(11)7-9(2)12-10-5-3-4-6-10/h3-5,7H,6H2,1-2H3/b9-7+. The Morgan fingerprint density at radius 1 is 1.58 bits per heavy atom. The Hall–Kier alpha value is -1.31. The highest BCUT2D eigenvalue weighted by Gasteiger charge is 2.01. The maximum atomic E-state index is 10.6. The van der Waals surface area contributed by atoms with Gasteiger partial charge in [0.1, 0.15) is 11.5 Å². The van der Waals surface area contributed by atoms with Crippen molar-refractivity contribution in [3.63, 3.8) is 0 Å². The largest absolute Gasteiger partial charge is 0.466 e. The van der Waals surface area contributed by atoms with Crippen molar-refractivity contribution >= 4 is 5.78 Å². The van der Waals surface area contributed by atoms with Gasteiger partial charge in [0.2, 0.25) is 0 Å². The maximum Gasteiger partial charge on any atom is 0.155 e. The van der Waals surface area contributed by atoms with E-state index in [0.717, 1.165) is 12.2 Å². The number of hydrogen-bond acceptors (Lipinski definition) is 2. The van der Waals surface area contributed by atoms with Crippen molar-refractivity contribution in [1.82, 2.24) is 0 Å². The summed E-state index contributed by atoms with van der Waals surface area (Å²) in [5.41, 5.74) is 0. The van der Waals surface area contributed by atoms with E-state index in [9.17, 15) is 4.79 Å². The van der Waals surface area contributed by atoms with E-state index < -0.39 is 0 Å². The van der Waals surface area contributed by atoms with Gasteiger partial charge in [-0.05, 0) is 19.9 Å². The molecule has 2 nitrogen and oxygen atoms in total. The van der Waals surface area contributed by atoms with Gasteiger partial charge in [0.15, 0.2) is 5.78 Å². The molecule has 0 saturated carbocycles. The highest BCUT2D eigenvalue weighted by molar-refractivity contribution is 5.87. The van der Waals surface area contributed by atoms with Gasteiger partial charge in [-0.1, -0.05) is 12.2 Å². The van der Waals surface area contributed by atoms with Crippen LogP contribution in [0.3, 0.4) is 0 Å². The fourth-order valence-corrected chi connectivity index (χ4v) is 1.03. The summed E-state index contributed by atoms with van der Waals surface area (Å²) in [6, 6.07) is 0. The first kappa shape index (κ1) is 8.78. The van der Waals surface area contributed by atoms with Gasteiger partial charge in [0.25, 0.3) is 0 Å². The minimum Gasteiger partial charge on any atom is -0.466 e. The number of ketones is 1. The van der Waals surface area contributed by atoms with Crippen LogP contribution in [-0.2, 0) is 9.53 Å². The Morgan fingerprint density at radius 2 is 2.33 bits per heavy atom. The van der Waals surface area contributed by atoms with E-state index >= 15 is 0 Å². The van der Waals surface area contributed by atoms with Crippen LogP contribution in [0, 0.1) is 0 Å². The normalized spacial score (nSPS) is 16.2. The highest BCUT2D eigenvalue weighted by atomic mass is 16.5. The fourth-order valence-electron chi connectivity index (χ4n) is 1.03. The van der Waals surface area contributed by atoms with Crippen LogP contribution in [0.25, 0.3) is 0 Å². The van der Waals surface area contributed by atoms with Crippen molar-refractivity contribution in [3.8, 4) is 0 Å². The topological polar surface area (TPSA) is 26.3 Å². The first-order valence-corrected chi connectivity index (χ1v) is 3.91. The summed E-state index contributed by atoms with van der Waals surface area (Å²) in [5, 5.41) is 0. The molecule has 0 radical (unpaired) electrons. The van der Waals surface area contributed by atoms with Crippen LogP contribution in [0.2, 0.25) is 0 Å². The van der Waals surface area contributed by atoms with E-state index in [-0.39, 0.29) is 5.78 Å². The SMILES string of the molecule is CC(=O)/C=C(\C)OC1=CC=CC1. The lowest BCUT2D eigenvalue weighted by Gasteiger charge is -2.04. The monoisotopic (exact) mass is 164 g/mol. The summed E-state index contributed by atoms with van der Waals surface area (Å²) in [6.45, 7) is 3.29. The molecular weight excluding hydrogens is 152 g/mol. The van der Waals surface area contributed by atoms with E-state index in [2.05, 4.69) is 0 Å². The van der Waals surface area contributed by atoms with Crippen molar-refractivity contribution in [2.75, 3.05) is 0 Å². The summed E-state index contributed by atoms with van der Waals surface area (Å²) < 4.78 is 5.36. The van der Waals surface area contributed by atoms with Gasteiger partial charge in [0, 0.05) is 12.5 Å². The quantitative estimate of drug-likeness (QED) is 0.472. The molecule has 1 rings (SSSR count). The Balaban J connectivity index is 2.46. The molecule has 0 saturated heterocycles. The van der Waals surface area contributed by atoms with Crippen LogP contribution in [-0.4, -0.2) is 5.78 Å². The second kappa shape index (κ2) is 3.90. The molecule has 0 aromatic heterocycles. The minimum atomic E-state index is 0.0130. The molecule has 0 aliphatic heterocycles. The number of carbonyl (C=O) groups excluding carboxylic acids is 1. The number of hydrogen-bond donors (Lipinski definition) is 0. The van der Waals surface area contributed by atoms with Crippen LogP contribution < -0.4 is 0 Å². The zero-order valence-electron chi connectivity index (χ0n) is 7.33. The summed E-state index contributed by atoms with van der Waals surface area (Å²) >= 11 is 0. The third-order valence-corrected chi connectivity index (χ3v) is 1.44. The van der Waals surface area contributed by atoms with Crippen LogP contribution in [0.1, 0.15) is 20.3 Å². The van der Waals surface area contributed by atoms with E-state index in [1.165, 1.54) is 13.0 Å². The molecule has 0 fully saturated rings. The summed E-state index contributed by atoms with van der Waals surface area (Å²) in [4.78, 5) is 10.6. The van der Waals surface area contributed by atoms with Crippen LogP contribution in [0.15, 0.2) is 35.8 Å². The molecule has 0 heterocycles. The predicted octanol–water partition coefficient (Wildman–Crippen LogP) is 2.34. The van der Waals surface area contributed by atoms with Gasteiger partial charge in [0.05, 0.1) is 0 Å². The molecule has 0 amide bonds. The van der Waals surface area contributed by atoms with E-state index in [1.807, 2.05) is 18.2 Å². The lowest BCUT2D eigenvalue weighted by Crippen LogP contribution is -1.91. The predicted molar refractivity (Wildman–Crippen MR) is 47.4 cm³/mol. The number of ether oxygens (including phenoxy) is 1. The second-order valence-electron chi connectivity index (χ2n) is 2.73. The molecular formula is C10H12O2. The molecule has 1 aliphatic rings. The lowest BCUT2D eigenvalue weighted by molar-refractivity contribution is -0.112. The van der Waals surface area contributed by atoms with E-state index in [4.69, 9.17) is 4.74 Å². The summed E-state index contributed by atoms with van der Waals surface area (Å²) in [5.74, 6) is 1.56. The number of carbonyl (C=O) groups is 1. The third kappa shape index (κ3) is 2.74. The Kier molecular flexibility index (Phi) is 2.86. The Morgan fingerprint density at radius 3 is 2.83 bits per heavy atom. The molecule has 0 N–H and O–H groups in total. The Labute approximate surface area is 72.2 Å². The molecule has 0 aromatic carbocycles. The summed E-state index contributed by atoms with van der Waals surface area (Å²) in [6.07, 6.45) is 8.16. The molecule has 2 heteroatoms. The first-order valence-electron chi connectivity index (χ1n) is 3.91. The minimum absolute atomic E-state index is 0.0130. The smallest absolute Gasteiger partial charge is 0.155 e. The number of allylic oxidation sites excluding steroid dienone is 5. The van der Waals surface area contributed by atoms with Crippen molar-refractivity contribution < 1.29 is 9.53 Å². The van der Waals surface area contributed by atoms with Gasteiger partial charge < -0.3 is 4.74 Å². The van der Waals surface area contributed by atoms with Crippen LogP contribution >= 0.6 is 0 Å². The molecule has 64 valence electrons. The van der Waals surface area contributed by atoms with E-state index in [1.54, 1.807) is 6.92 Å². The zero-order valence-corrected chi connectivity index (χ0v) is 7.33. The Bertz CT molecular complexity index is 270. The molecule has 0 spiro atoms. The molecule has 0 atom stereocenters. The van der Waals surface area contributed by atoms with Crippen molar-refractivity contribution in [3.05, 3.63) is 35.8 Å². The zero-order chi connectivity index (χ0) is 8.97. The fraction of sp³-hybridized carbons (Fsp3) is 0.300. The maximum absolute atomic E-state index is 10.6. The molecule has 1 aliphatic carbocycles. The number of rotatable bonds is 3. The molecule has 0 aromatic rings. The average Bonchev–Trinajstić information content (AvgIpc) is 2.37. The van der Waals surface area contributed by atoms with Crippen molar-refractivity contribution in [1.29, 1.82) is 0 Å². The summed E-state index contributed by atoms with van der Waals surface area (Å²) in [7, 11) is 0. The third-order valence-electron chi connectivity index (χ3n) is 1.44.